The molecular formula is C22H29ClN2O4. The van der Waals surface area contributed by atoms with E-state index in [-0.39, 0.29) is 36.4 Å². The highest BCUT2D eigenvalue weighted by molar-refractivity contribution is 6.30. The molecule has 1 aromatic carbocycles. The summed E-state index contributed by atoms with van der Waals surface area (Å²) in [6.07, 6.45) is 5.53. The minimum atomic E-state index is -0.351. The second kappa shape index (κ2) is 10.1. The Labute approximate surface area is 176 Å². The van der Waals surface area contributed by atoms with Crippen molar-refractivity contribution in [1.82, 2.24) is 10.2 Å². The van der Waals surface area contributed by atoms with Crippen molar-refractivity contribution in [3.63, 3.8) is 0 Å². The Hall–Kier alpha value is -2.08. The highest BCUT2D eigenvalue weighted by Gasteiger charge is 2.29. The number of carbonyl (C=O) groups is 3. The van der Waals surface area contributed by atoms with Gasteiger partial charge in [-0.3, -0.25) is 14.4 Å². The molecule has 0 aromatic heterocycles. The predicted octanol–water partition coefficient (Wildman–Crippen LogP) is 3.43. The molecule has 29 heavy (non-hydrogen) atoms. The molecule has 2 aliphatic rings. The number of nitrogens with zero attached hydrogens (tertiary/aromatic N) is 1. The number of amides is 2. The van der Waals surface area contributed by atoms with Gasteiger partial charge in [-0.1, -0.05) is 31.4 Å². The lowest BCUT2D eigenvalue weighted by Crippen LogP contribution is -2.44. The first-order chi connectivity index (χ1) is 13.9. The summed E-state index contributed by atoms with van der Waals surface area (Å²) in [7, 11) is 0. The SMILES string of the molecule is C[C@@H]1CCCC[C@@H]1NC(=O)COC(=O)C1CCN(C(=O)c2ccc(Cl)cc2)CC1. The molecular weight excluding hydrogens is 392 g/mol. The van der Waals surface area contributed by atoms with Gasteiger partial charge in [0.15, 0.2) is 6.61 Å². The maximum absolute atomic E-state index is 12.5. The fraction of sp³-hybridized carbons (Fsp3) is 0.591. The number of halogens is 1. The lowest BCUT2D eigenvalue weighted by Gasteiger charge is -2.31. The minimum absolute atomic E-state index is 0.0607. The molecule has 6 nitrogen and oxygen atoms in total. The summed E-state index contributed by atoms with van der Waals surface area (Å²) in [5.41, 5.74) is 0.587. The number of hydrogen-bond acceptors (Lipinski definition) is 4. The highest BCUT2D eigenvalue weighted by Crippen LogP contribution is 2.24. The molecule has 1 aliphatic carbocycles. The van der Waals surface area contributed by atoms with Crippen molar-refractivity contribution in [3.05, 3.63) is 34.9 Å². The first kappa shape index (κ1) is 21.6. The zero-order chi connectivity index (χ0) is 20.8. The zero-order valence-corrected chi connectivity index (χ0v) is 17.6. The topological polar surface area (TPSA) is 75.7 Å². The van der Waals surface area contributed by atoms with Crippen LogP contribution in [0.25, 0.3) is 0 Å². The molecule has 0 unspecified atom stereocenters. The molecule has 3 rings (SSSR count). The summed E-state index contributed by atoms with van der Waals surface area (Å²) in [5, 5.41) is 3.58. The minimum Gasteiger partial charge on any atom is -0.455 e. The Bertz CT molecular complexity index is 729. The third-order valence-corrected chi connectivity index (χ3v) is 6.26. The standard InChI is InChI=1S/C22H29ClN2O4/c1-15-4-2-3-5-19(15)24-20(26)14-29-22(28)17-10-12-25(13-11-17)21(27)16-6-8-18(23)9-7-16/h6-9,15,17,19H,2-5,10-14H2,1H3,(H,24,26)/t15-,19+/m1/s1. The van der Waals surface area contributed by atoms with Crippen molar-refractivity contribution in [1.29, 1.82) is 0 Å². The Morgan fingerprint density at radius 1 is 1.07 bits per heavy atom. The van der Waals surface area contributed by atoms with Gasteiger partial charge >= 0.3 is 5.97 Å². The predicted molar refractivity (Wildman–Crippen MR) is 111 cm³/mol. The number of ether oxygens (including phenoxy) is 1. The number of hydrogen-bond donors (Lipinski definition) is 1. The number of nitrogens with one attached hydrogen (secondary N) is 1. The Morgan fingerprint density at radius 2 is 1.72 bits per heavy atom. The zero-order valence-electron chi connectivity index (χ0n) is 16.9. The highest BCUT2D eigenvalue weighted by atomic mass is 35.5. The molecule has 2 fully saturated rings. The molecule has 1 heterocycles. The lowest BCUT2D eigenvalue weighted by atomic mass is 9.86. The van der Waals surface area contributed by atoms with Crippen molar-refractivity contribution >= 4 is 29.4 Å². The molecule has 1 aliphatic heterocycles. The smallest absolute Gasteiger partial charge is 0.309 e. The van der Waals surface area contributed by atoms with E-state index in [0.29, 0.717) is 42.4 Å². The molecule has 0 spiro atoms. The summed E-state index contributed by atoms with van der Waals surface area (Å²) in [4.78, 5) is 38.7. The van der Waals surface area contributed by atoms with Gasteiger partial charge in [-0.05, 0) is 55.9 Å². The molecule has 1 saturated carbocycles. The average molecular weight is 421 g/mol. The van der Waals surface area contributed by atoms with Gasteiger partial charge in [0.1, 0.15) is 0 Å². The van der Waals surface area contributed by atoms with E-state index in [1.165, 1.54) is 6.42 Å². The lowest BCUT2D eigenvalue weighted by molar-refractivity contribution is -0.154. The van der Waals surface area contributed by atoms with Crippen molar-refractivity contribution in [3.8, 4) is 0 Å². The quantitative estimate of drug-likeness (QED) is 0.740. The number of carbonyl (C=O) groups excluding carboxylic acids is 3. The maximum Gasteiger partial charge on any atom is 0.309 e. The largest absolute Gasteiger partial charge is 0.455 e. The van der Waals surface area contributed by atoms with Gasteiger partial charge in [0.05, 0.1) is 5.92 Å². The van der Waals surface area contributed by atoms with E-state index in [4.69, 9.17) is 16.3 Å². The maximum atomic E-state index is 12.5. The number of piperidine rings is 1. The van der Waals surface area contributed by atoms with Crippen LogP contribution in [-0.2, 0) is 14.3 Å². The van der Waals surface area contributed by atoms with Crippen LogP contribution in [0.5, 0.6) is 0 Å². The molecule has 2 amide bonds. The number of rotatable bonds is 5. The molecule has 158 valence electrons. The Balaban J connectivity index is 1.40. The molecule has 2 atom stereocenters. The van der Waals surface area contributed by atoms with Crippen molar-refractivity contribution in [2.24, 2.45) is 11.8 Å². The second-order valence-corrected chi connectivity index (χ2v) is 8.55. The van der Waals surface area contributed by atoms with Gasteiger partial charge in [0.25, 0.3) is 11.8 Å². The van der Waals surface area contributed by atoms with E-state index < -0.39 is 0 Å². The first-order valence-corrected chi connectivity index (χ1v) is 10.8. The third kappa shape index (κ3) is 5.95. The normalized spacial score (nSPS) is 22.8. The summed E-state index contributed by atoms with van der Waals surface area (Å²) < 4.78 is 5.24. The van der Waals surface area contributed by atoms with Crippen LogP contribution in [0.3, 0.4) is 0 Å². The second-order valence-electron chi connectivity index (χ2n) is 8.12. The van der Waals surface area contributed by atoms with Crippen LogP contribution in [0, 0.1) is 11.8 Å². The van der Waals surface area contributed by atoms with E-state index in [1.54, 1.807) is 29.2 Å². The fourth-order valence-electron chi connectivity index (χ4n) is 4.13. The third-order valence-electron chi connectivity index (χ3n) is 6.01. The van der Waals surface area contributed by atoms with Crippen LogP contribution in [0.2, 0.25) is 5.02 Å². The van der Waals surface area contributed by atoms with Gasteiger partial charge in [0.2, 0.25) is 0 Å². The monoisotopic (exact) mass is 420 g/mol. The number of likely N-dealkylation sites (tertiary alicyclic amines) is 1. The summed E-state index contributed by atoms with van der Waals surface area (Å²) in [5.74, 6) is -0.450. The van der Waals surface area contributed by atoms with Crippen molar-refractivity contribution in [2.75, 3.05) is 19.7 Å². The van der Waals surface area contributed by atoms with E-state index in [1.807, 2.05) is 0 Å². The molecule has 0 radical (unpaired) electrons. The Kier molecular flexibility index (Phi) is 7.53. The summed E-state index contributed by atoms with van der Waals surface area (Å²) in [6.45, 7) is 2.90. The molecule has 1 saturated heterocycles. The molecule has 0 bridgehead atoms. The van der Waals surface area contributed by atoms with Gasteiger partial charge in [0, 0.05) is 29.7 Å². The summed E-state index contributed by atoms with van der Waals surface area (Å²) in [6, 6.07) is 6.97. The first-order valence-electron chi connectivity index (χ1n) is 10.4. The van der Waals surface area contributed by atoms with Crippen LogP contribution in [0.4, 0.5) is 0 Å². The van der Waals surface area contributed by atoms with Crippen LogP contribution >= 0.6 is 11.6 Å². The van der Waals surface area contributed by atoms with E-state index >= 15 is 0 Å². The van der Waals surface area contributed by atoms with E-state index in [9.17, 15) is 14.4 Å². The van der Waals surface area contributed by atoms with Gasteiger partial charge in [-0.25, -0.2) is 0 Å². The van der Waals surface area contributed by atoms with Crippen LogP contribution in [0.1, 0.15) is 55.8 Å². The van der Waals surface area contributed by atoms with Crippen LogP contribution in [0.15, 0.2) is 24.3 Å². The van der Waals surface area contributed by atoms with Gasteiger partial charge in [-0.15, -0.1) is 0 Å². The van der Waals surface area contributed by atoms with Gasteiger partial charge < -0.3 is 15.0 Å². The van der Waals surface area contributed by atoms with E-state index in [2.05, 4.69) is 12.2 Å². The average Bonchev–Trinajstić information content (AvgIpc) is 2.74. The fourth-order valence-corrected chi connectivity index (χ4v) is 4.25. The van der Waals surface area contributed by atoms with Crippen molar-refractivity contribution < 1.29 is 19.1 Å². The molecule has 7 heteroatoms. The number of benzene rings is 1. The van der Waals surface area contributed by atoms with E-state index in [0.717, 1.165) is 19.3 Å². The molecule has 1 aromatic rings. The van der Waals surface area contributed by atoms with Crippen molar-refractivity contribution in [2.45, 2.75) is 51.5 Å². The van der Waals surface area contributed by atoms with Crippen LogP contribution < -0.4 is 5.32 Å². The van der Waals surface area contributed by atoms with Gasteiger partial charge in [-0.2, -0.15) is 0 Å². The number of esters is 1. The Morgan fingerprint density at radius 3 is 2.38 bits per heavy atom. The molecule has 1 N–H and O–H groups in total. The van der Waals surface area contributed by atoms with Crippen LogP contribution in [-0.4, -0.2) is 48.4 Å². The summed E-state index contributed by atoms with van der Waals surface area (Å²) >= 11 is 5.86.